The molecular formula is C82H160O17P2. The van der Waals surface area contributed by atoms with Gasteiger partial charge in [0.2, 0.25) is 0 Å². The summed E-state index contributed by atoms with van der Waals surface area (Å²) in [5.41, 5.74) is 0. The standard InChI is InChI=1S/C82H160O17P2/c1-7-9-11-13-15-17-32-40-46-52-58-64-79(84)92-70-77(98-81(86)66-60-54-48-42-33-18-16-14-12-10-8-2)72-96-100(88,89)94-68-76(83)69-95-101(90,91)97-73-78(71-93-80(85)65-59-53-47-41-36-30-27-23-25-29-35-39-45-51-57-63-75(5)6)99-82(87)67-61-55-49-43-37-31-26-22-20-19-21-24-28-34-38-44-50-56-62-74(3)4/h74-78,83H,7-73H2,1-6H3,(H,88,89)(H,90,91)/t76-,77+,78+/m0/s1. The van der Waals surface area contributed by atoms with E-state index in [4.69, 9.17) is 37.0 Å². The van der Waals surface area contributed by atoms with E-state index in [2.05, 4.69) is 41.5 Å². The lowest BCUT2D eigenvalue weighted by Crippen LogP contribution is -2.30. The number of hydrogen-bond acceptors (Lipinski definition) is 15. The molecule has 0 aromatic heterocycles. The Labute approximate surface area is 619 Å². The Morgan fingerprint density at radius 1 is 0.267 bits per heavy atom. The molecule has 19 heteroatoms. The summed E-state index contributed by atoms with van der Waals surface area (Å²) in [7, 11) is -9.92. The molecule has 0 aromatic rings. The smallest absolute Gasteiger partial charge is 0.462 e. The van der Waals surface area contributed by atoms with E-state index in [-0.39, 0.29) is 25.7 Å². The quantitative estimate of drug-likeness (QED) is 0.0222. The number of phosphoric acid groups is 2. The van der Waals surface area contributed by atoms with E-state index in [0.29, 0.717) is 25.7 Å². The van der Waals surface area contributed by atoms with Crippen LogP contribution in [0.5, 0.6) is 0 Å². The van der Waals surface area contributed by atoms with Gasteiger partial charge in [0.1, 0.15) is 19.3 Å². The molecule has 101 heavy (non-hydrogen) atoms. The summed E-state index contributed by atoms with van der Waals surface area (Å²) in [5, 5.41) is 10.6. The normalized spacial score (nSPS) is 13.9. The van der Waals surface area contributed by atoms with Crippen LogP contribution in [0.3, 0.4) is 0 Å². The average Bonchev–Trinajstić information content (AvgIpc) is 0.947. The van der Waals surface area contributed by atoms with Crippen molar-refractivity contribution in [2.45, 2.75) is 452 Å². The second-order valence-corrected chi connectivity index (χ2v) is 33.4. The fourth-order valence-corrected chi connectivity index (χ4v) is 14.3. The highest BCUT2D eigenvalue weighted by molar-refractivity contribution is 7.47. The maximum Gasteiger partial charge on any atom is 0.472 e. The second kappa shape index (κ2) is 73.6. The number of unbranched alkanes of at least 4 members (excludes halogenated alkanes) is 51. The summed E-state index contributed by atoms with van der Waals surface area (Å²) < 4.78 is 68.7. The summed E-state index contributed by atoms with van der Waals surface area (Å²) in [6, 6.07) is 0. The molecule has 0 rings (SSSR count). The molecule has 0 bridgehead atoms. The van der Waals surface area contributed by atoms with Crippen LogP contribution in [0.4, 0.5) is 0 Å². The van der Waals surface area contributed by atoms with Crippen molar-refractivity contribution < 1.29 is 80.2 Å². The van der Waals surface area contributed by atoms with Crippen LogP contribution in [0.25, 0.3) is 0 Å². The van der Waals surface area contributed by atoms with Crippen LogP contribution in [0.1, 0.15) is 433 Å². The third-order valence-corrected chi connectivity index (χ3v) is 21.1. The molecule has 600 valence electrons. The van der Waals surface area contributed by atoms with Crippen LogP contribution in [-0.2, 0) is 65.4 Å². The van der Waals surface area contributed by atoms with Gasteiger partial charge in [0.05, 0.1) is 26.4 Å². The molecule has 0 saturated carbocycles. The van der Waals surface area contributed by atoms with Crippen LogP contribution in [-0.4, -0.2) is 96.7 Å². The number of phosphoric ester groups is 2. The highest BCUT2D eigenvalue weighted by Crippen LogP contribution is 2.45. The third kappa shape index (κ3) is 76.1. The van der Waals surface area contributed by atoms with Gasteiger partial charge in [-0.2, -0.15) is 0 Å². The highest BCUT2D eigenvalue weighted by atomic mass is 31.2. The molecule has 5 atom stereocenters. The molecule has 2 unspecified atom stereocenters. The van der Waals surface area contributed by atoms with Crippen molar-refractivity contribution in [2.24, 2.45) is 11.8 Å². The molecule has 0 saturated heterocycles. The van der Waals surface area contributed by atoms with E-state index in [0.717, 1.165) is 102 Å². The SMILES string of the molecule is CCCCCCCCCCCCCC(=O)OC[C@H](COP(=O)(O)OC[C@H](O)COP(=O)(O)OC[C@@H](COC(=O)CCCCCCCCCCCCCCCCCC(C)C)OC(=O)CCCCCCCCCCCCCCCCCCCCC(C)C)OC(=O)CCCCCCCCCCCCC. The molecule has 0 aliphatic heterocycles. The molecule has 17 nitrogen and oxygen atoms in total. The summed E-state index contributed by atoms with van der Waals surface area (Å²) in [6.45, 7) is 9.70. The molecule has 0 radical (unpaired) electrons. The first-order chi connectivity index (χ1) is 48.9. The van der Waals surface area contributed by atoms with Gasteiger partial charge >= 0.3 is 39.5 Å². The average molecular weight is 1480 g/mol. The highest BCUT2D eigenvalue weighted by Gasteiger charge is 2.30. The van der Waals surface area contributed by atoms with Gasteiger partial charge in [-0.3, -0.25) is 37.3 Å². The topological polar surface area (TPSA) is 237 Å². The van der Waals surface area contributed by atoms with Gasteiger partial charge in [-0.25, -0.2) is 9.13 Å². The lowest BCUT2D eigenvalue weighted by molar-refractivity contribution is -0.161. The molecule has 0 heterocycles. The minimum Gasteiger partial charge on any atom is -0.462 e. The van der Waals surface area contributed by atoms with E-state index < -0.39 is 97.5 Å². The van der Waals surface area contributed by atoms with Gasteiger partial charge in [-0.1, -0.05) is 382 Å². The van der Waals surface area contributed by atoms with Crippen LogP contribution in [0.15, 0.2) is 0 Å². The minimum atomic E-state index is -4.96. The monoisotopic (exact) mass is 1480 g/mol. The molecular weight excluding hydrogens is 1320 g/mol. The summed E-state index contributed by atoms with van der Waals surface area (Å²) in [6.07, 6.45) is 63.8. The van der Waals surface area contributed by atoms with Gasteiger partial charge < -0.3 is 33.8 Å². The predicted octanol–water partition coefficient (Wildman–Crippen LogP) is 24.7. The van der Waals surface area contributed by atoms with Gasteiger partial charge in [0, 0.05) is 25.7 Å². The molecule has 0 aliphatic carbocycles. The summed E-state index contributed by atoms with van der Waals surface area (Å²) in [4.78, 5) is 73.0. The van der Waals surface area contributed by atoms with Crippen molar-refractivity contribution in [1.29, 1.82) is 0 Å². The minimum absolute atomic E-state index is 0.107. The van der Waals surface area contributed by atoms with E-state index in [1.165, 1.54) is 250 Å². The molecule has 0 aromatic carbocycles. The largest absolute Gasteiger partial charge is 0.472 e. The predicted molar refractivity (Wildman–Crippen MR) is 414 cm³/mol. The first-order valence-corrected chi connectivity index (χ1v) is 45.5. The van der Waals surface area contributed by atoms with E-state index >= 15 is 0 Å². The zero-order chi connectivity index (χ0) is 74.2. The Balaban J connectivity index is 5.21. The molecule has 0 fully saturated rings. The maximum absolute atomic E-state index is 13.1. The molecule has 0 amide bonds. The lowest BCUT2D eigenvalue weighted by atomic mass is 10.0. The Morgan fingerprint density at radius 3 is 0.673 bits per heavy atom. The van der Waals surface area contributed by atoms with Crippen LogP contribution < -0.4 is 0 Å². The number of carbonyl (C=O) groups excluding carboxylic acids is 4. The summed E-state index contributed by atoms with van der Waals surface area (Å²) in [5.74, 6) is -0.480. The number of aliphatic hydroxyl groups excluding tert-OH is 1. The fourth-order valence-electron chi connectivity index (χ4n) is 12.7. The van der Waals surface area contributed by atoms with Gasteiger partial charge in [-0.15, -0.1) is 0 Å². The maximum atomic E-state index is 13.1. The van der Waals surface area contributed by atoms with E-state index in [9.17, 15) is 43.2 Å². The first kappa shape index (κ1) is 99.1. The van der Waals surface area contributed by atoms with Crippen molar-refractivity contribution in [3.05, 3.63) is 0 Å². The van der Waals surface area contributed by atoms with Gasteiger partial charge in [0.15, 0.2) is 12.2 Å². The number of carbonyl (C=O) groups is 4. The number of aliphatic hydroxyl groups is 1. The Hall–Kier alpha value is -1.94. The number of rotatable bonds is 81. The third-order valence-electron chi connectivity index (χ3n) is 19.2. The van der Waals surface area contributed by atoms with Crippen molar-refractivity contribution in [3.63, 3.8) is 0 Å². The van der Waals surface area contributed by atoms with Gasteiger partial charge in [-0.05, 0) is 37.5 Å². The van der Waals surface area contributed by atoms with Crippen molar-refractivity contribution in [3.8, 4) is 0 Å². The van der Waals surface area contributed by atoms with Crippen molar-refractivity contribution in [1.82, 2.24) is 0 Å². The Kier molecular flexibility index (Phi) is 72.2. The first-order valence-electron chi connectivity index (χ1n) is 42.5. The number of hydrogen-bond donors (Lipinski definition) is 3. The van der Waals surface area contributed by atoms with Crippen molar-refractivity contribution >= 4 is 39.5 Å². The molecule has 0 aliphatic rings. The van der Waals surface area contributed by atoms with Gasteiger partial charge in [0.25, 0.3) is 0 Å². The number of ether oxygens (including phenoxy) is 4. The van der Waals surface area contributed by atoms with Crippen LogP contribution >= 0.6 is 15.6 Å². The second-order valence-electron chi connectivity index (χ2n) is 30.5. The van der Waals surface area contributed by atoms with Crippen LogP contribution in [0, 0.1) is 11.8 Å². The van der Waals surface area contributed by atoms with E-state index in [1.807, 2.05) is 0 Å². The Morgan fingerprint density at radius 2 is 0.455 bits per heavy atom. The zero-order valence-corrected chi connectivity index (χ0v) is 68.0. The molecule has 0 spiro atoms. The van der Waals surface area contributed by atoms with Crippen LogP contribution in [0.2, 0.25) is 0 Å². The fraction of sp³-hybridized carbons (Fsp3) is 0.951. The number of esters is 4. The molecule has 3 N–H and O–H groups in total. The summed E-state index contributed by atoms with van der Waals surface area (Å²) >= 11 is 0. The Bertz CT molecular complexity index is 1940. The van der Waals surface area contributed by atoms with Crippen molar-refractivity contribution in [2.75, 3.05) is 39.6 Å². The zero-order valence-electron chi connectivity index (χ0n) is 66.2. The van der Waals surface area contributed by atoms with E-state index in [1.54, 1.807) is 0 Å². The lowest BCUT2D eigenvalue weighted by Gasteiger charge is -2.21.